The van der Waals surface area contributed by atoms with Crippen molar-refractivity contribution in [1.29, 1.82) is 0 Å². The number of carbonyl (C=O) groups is 1. The number of nitrogens with zero attached hydrogens (tertiary/aromatic N) is 3. The summed E-state index contributed by atoms with van der Waals surface area (Å²) in [6.45, 7) is 4.15. The smallest absolute Gasteiger partial charge is 0.376 e. The Hall–Kier alpha value is -3.36. The van der Waals surface area contributed by atoms with Crippen LogP contribution >= 0.6 is 0 Å². The van der Waals surface area contributed by atoms with Crippen LogP contribution in [-0.4, -0.2) is 41.9 Å². The molecule has 142 valence electrons. The third kappa shape index (κ3) is 3.76. The van der Waals surface area contributed by atoms with Crippen LogP contribution in [0, 0.1) is 6.92 Å². The zero-order valence-corrected chi connectivity index (χ0v) is 15.5. The predicted octanol–water partition coefficient (Wildman–Crippen LogP) is 2.73. The summed E-state index contributed by atoms with van der Waals surface area (Å²) in [5, 5.41) is 7.72. The maximum atomic E-state index is 12.0. The van der Waals surface area contributed by atoms with E-state index in [0.717, 1.165) is 5.56 Å². The zero-order chi connectivity index (χ0) is 19.4. The van der Waals surface area contributed by atoms with Crippen molar-refractivity contribution in [2.45, 2.75) is 20.4 Å². The molecule has 0 aliphatic rings. The molecule has 3 rings (SSSR count). The molecule has 0 unspecified atom stereocenters. The molecule has 2 aromatic heterocycles. The molecular weight excluding hydrogens is 352 g/mol. The van der Waals surface area contributed by atoms with Crippen LogP contribution in [-0.2, 0) is 11.3 Å². The topological polar surface area (TPSA) is 109 Å². The van der Waals surface area contributed by atoms with Gasteiger partial charge in [0, 0.05) is 6.54 Å². The van der Waals surface area contributed by atoms with Crippen LogP contribution in [0.5, 0.6) is 11.5 Å². The van der Waals surface area contributed by atoms with Gasteiger partial charge in [0.2, 0.25) is 5.82 Å². The SMILES string of the molecule is CCOC(=O)c1nc(NCc2ccc(OC)c(OC)c2)c2c(C)noc2n1. The van der Waals surface area contributed by atoms with Gasteiger partial charge >= 0.3 is 5.97 Å². The van der Waals surface area contributed by atoms with E-state index in [9.17, 15) is 4.79 Å². The first-order valence-corrected chi connectivity index (χ1v) is 8.33. The summed E-state index contributed by atoms with van der Waals surface area (Å²) in [6, 6.07) is 5.58. The van der Waals surface area contributed by atoms with Crippen molar-refractivity contribution >= 4 is 22.9 Å². The molecule has 0 aliphatic carbocycles. The van der Waals surface area contributed by atoms with Crippen LogP contribution in [0.4, 0.5) is 5.82 Å². The molecule has 9 heteroatoms. The highest BCUT2D eigenvalue weighted by atomic mass is 16.5. The van der Waals surface area contributed by atoms with Gasteiger partial charge in [0.15, 0.2) is 11.5 Å². The van der Waals surface area contributed by atoms with E-state index < -0.39 is 5.97 Å². The van der Waals surface area contributed by atoms with E-state index in [1.165, 1.54) is 0 Å². The van der Waals surface area contributed by atoms with Crippen LogP contribution in [0.1, 0.15) is 28.8 Å². The summed E-state index contributed by atoms with van der Waals surface area (Å²) < 4.78 is 20.7. The first kappa shape index (κ1) is 18.4. The third-order valence-electron chi connectivity index (χ3n) is 3.87. The molecule has 0 saturated carbocycles. The van der Waals surface area contributed by atoms with Crippen LogP contribution < -0.4 is 14.8 Å². The Morgan fingerprint density at radius 3 is 2.67 bits per heavy atom. The Kier molecular flexibility index (Phi) is 5.39. The molecule has 1 aromatic carbocycles. The largest absolute Gasteiger partial charge is 0.493 e. The summed E-state index contributed by atoms with van der Waals surface area (Å²) in [5.41, 5.74) is 1.78. The van der Waals surface area contributed by atoms with E-state index in [4.69, 9.17) is 18.7 Å². The molecule has 2 heterocycles. The number of fused-ring (bicyclic) bond motifs is 1. The van der Waals surface area contributed by atoms with Crippen molar-refractivity contribution < 1.29 is 23.5 Å². The summed E-state index contributed by atoms with van der Waals surface area (Å²) in [6.07, 6.45) is 0. The first-order valence-electron chi connectivity index (χ1n) is 8.33. The number of hydrogen-bond donors (Lipinski definition) is 1. The van der Waals surface area contributed by atoms with Crippen LogP contribution in [0.3, 0.4) is 0 Å². The molecule has 0 bridgehead atoms. The van der Waals surface area contributed by atoms with Gasteiger partial charge in [-0.2, -0.15) is 4.98 Å². The van der Waals surface area contributed by atoms with Gasteiger partial charge in [0.05, 0.1) is 26.5 Å². The molecule has 0 fully saturated rings. The maximum absolute atomic E-state index is 12.0. The summed E-state index contributed by atoms with van der Waals surface area (Å²) >= 11 is 0. The van der Waals surface area contributed by atoms with Crippen LogP contribution in [0.15, 0.2) is 22.7 Å². The van der Waals surface area contributed by atoms with Crippen molar-refractivity contribution in [3.05, 3.63) is 35.3 Å². The second kappa shape index (κ2) is 7.90. The first-order chi connectivity index (χ1) is 13.1. The Balaban J connectivity index is 1.91. The molecule has 0 saturated heterocycles. The summed E-state index contributed by atoms with van der Waals surface area (Å²) in [5.74, 6) is 0.998. The van der Waals surface area contributed by atoms with Crippen LogP contribution in [0.25, 0.3) is 11.1 Å². The second-order valence-electron chi connectivity index (χ2n) is 5.61. The average Bonchev–Trinajstić information content (AvgIpc) is 3.07. The van der Waals surface area contributed by atoms with Gasteiger partial charge in [-0.1, -0.05) is 11.2 Å². The van der Waals surface area contributed by atoms with Crippen molar-refractivity contribution in [2.75, 3.05) is 26.1 Å². The number of hydrogen-bond acceptors (Lipinski definition) is 9. The molecule has 0 amide bonds. The molecule has 0 spiro atoms. The molecule has 1 N–H and O–H groups in total. The van der Waals surface area contributed by atoms with Crippen molar-refractivity contribution in [2.24, 2.45) is 0 Å². The van der Waals surface area contributed by atoms with E-state index in [0.29, 0.717) is 34.9 Å². The second-order valence-corrected chi connectivity index (χ2v) is 5.61. The van der Waals surface area contributed by atoms with E-state index in [1.54, 1.807) is 28.1 Å². The number of carbonyl (C=O) groups excluding carboxylic acids is 1. The summed E-state index contributed by atoms with van der Waals surface area (Å²) in [4.78, 5) is 20.4. The minimum absolute atomic E-state index is 0.0877. The molecule has 9 nitrogen and oxygen atoms in total. The molecular formula is C18H20N4O5. The number of ether oxygens (including phenoxy) is 3. The lowest BCUT2D eigenvalue weighted by molar-refractivity contribution is 0.0512. The standard InChI is InChI=1S/C18H20N4O5/c1-5-26-18(23)16-20-15(14-10(2)22-27-17(14)21-16)19-9-11-6-7-12(24-3)13(8-11)25-4/h6-8H,5,9H2,1-4H3,(H,19,20,21). The Morgan fingerprint density at radius 2 is 1.96 bits per heavy atom. The number of anilines is 1. The monoisotopic (exact) mass is 372 g/mol. The van der Waals surface area contributed by atoms with Crippen molar-refractivity contribution in [1.82, 2.24) is 15.1 Å². The van der Waals surface area contributed by atoms with E-state index in [2.05, 4.69) is 20.4 Å². The Labute approximate surface area is 155 Å². The van der Waals surface area contributed by atoms with Crippen molar-refractivity contribution in [3.8, 4) is 11.5 Å². The average molecular weight is 372 g/mol. The van der Waals surface area contributed by atoms with E-state index >= 15 is 0 Å². The normalized spacial score (nSPS) is 10.7. The highest BCUT2D eigenvalue weighted by molar-refractivity contribution is 5.93. The highest BCUT2D eigenvalue weighted by Gasteiger charge is 2.19. The van der Waals surface area contributed by atoms with Gasteiger partial charge in [-0.15, -0.1) is 0 Å². The molecule has 0 aliphatic heterocycles. The molecule has 3 aromatic rings. The minimum atomic E-state index is -0.623. The number of nitrogens with one attached hydrogen (secondary N) is 1. The zero-order valence-electron chi connectivity index (χ0n) is 15.5. The maximum Gasteiger partial charge on any atom is 0.376 e. The minimum Gasteiger partial charge on any atom is -0.493 e. The van der Waals surface area contributed by atoms with Gasteiger partial charge < -0.3 is 24.1 Å². The molecule has 27 heavy (non-hydrogen) atoms. The van der Waals surface area contributed by atoms with Crippen LogP contribution in [0.2, 0.25) is 0 Å². The fraction of sp³-hybridized carbons (Fsp3) is 0.333. The lowest BCUT2D eigenvalue weighted by atomic mass is 10.2. The van der Waals surface area contributed by atoms with Gasteiger partial charge in [0.1, 0.15) is 11.2 Å². The number of aromatic nitrogens is 3. The fourth-order valence-electron chi connectivity index (χ4n) is 2.58. The fourth-order valence-corrected chi connectivity index (χ4v) is 2.58. The van der Waals surface area contributed by atoms with E-state index in [1.807, 2.05) is 18.2 Å². The van der Waals surface area contributed by atoms with Gasteiger partial charge in [-0.25, -0.2) is 9.78 Å². The molecule has 0 radical (unpaired) electrons. The highest BCUT2D eigenvalue weighted by Crippen LogP contribution is 2.29. The third-order valence-corrected chi connectivity index (χ3v) is 3.87. The number of esters is 1. The van der Waals surface area contributed by atoms with Crippen molar-refractivity contribution in [3.63, 3.8) is 0 Å². The number of rotatable bonds is 7. The van der Waals surface area contributed by atoms with Gasteiger partial charge in [-0.05, 0) is 31.5 Å². The lowest BCUT2D eigenvalue weighted by Crippen LogP contribution is -2.12. The number of methoxy groups -OCH3 is 2. The Morgan fingerprint density at radius 1 is 1.19 bits per heavy atom. The number of benzene rings is 1. The Bertz CT molecular complexity index is 970. The quantitative estimate of drug-likeness (QED) is 0.626. The lowest BCUT2D eigenvalue weighted by Gasteiger charge is -2.11. The van der Waals surface area contributed by atoms with Gasteiger partial charge in [0.25, 0.3) is 5.71 Å². The van der Waals surface area contributed by atoms with Gasteiger partial charge in [-0.3, -0.25) is 0 Å². The molecule has 0 atom stereocenters. The number of aryl methyl sites for hydroxylation is 1. The van der Waals surface area contributed by atoms with E-state index in [-0.39, 0.29) is 18.1 Å². The predicted molar refractivity (Wildman–Crippen MR) is 97.2 cm³/mol. The summed E-state index contributed by atoms with van der Waals surface area (Å²) in [7, 11) is 3.16.